The molecule has 1 amide bonds. The van der Waals surface area contributed by atoms with Crippen molar-refractivity contribution in [1.82, 2.24) is 10.3 Å². The summed E-state index contributed by atoms with van der Waals surface area (Å²) in [4.78, 5) is 15.3. The van der Waals surface area contributed by atoms with Crippen molar-refractivity contribution in [1.29, 1.82) is 0 Å². The largest absolute Gasteiger partial charge is 0.393 e. The number of fused-ring (bicyclic) bond motifs is 1. The van der Waals surface area contributed by atoms with E-state index in [-0.39, 0.29) is 12.0 Å². The molecule has 4 heteroatoms. The number of benzene rings is 1. The molecular weight excluding hydrogens is 264 g/mol. The molecule has 1 heterocycles. The fourth-order valence-corrected chi connectivity index (χ4v) is 3.12. The summed E-state index contributed by atoms with van der Waals surface area (Å²) in [6, 6.07) is 8.03. The maximum Gasteiger partial charge on any atom is 0.224 e. The third-order valence-electron chi connectivity index (χ3n) is 4.43. The van der Waals surface area contributed by atoms with E-state index in [1.807, 2.05) is 30.5 Å². The van der Waals surface area contributed by atoms with Gasteiger partial charge >= 0.3 is 0 Å². The predicted molar refractivity (Wildman–Crippen MR) is 83.0 cm³/mol. The van der Waals surface area contributed by atoms with Crippen LogP contribution in [-0.2, 0) is 11.2 Å². The van der Waals surface area contributed by atoms with Gasteiger partial charge in [0, 0.05) is 23.6 Å². The van der Waals surface area contributed by atoms with E-state index in [1.165, 1.54) is 0 Å². The van der Waals surface area contributed by atoms with Crippen LogP contribution in [0.3, 0.4) is 0 Å². The first-order valence-electron chi connectivity index (χ1n) is 7.72. The Labute approximate surface area is 124 Å². The SMILES string of the molecule is O=C(Cc1c[nH]c2ccccc12)NCC1CCC(O)CC1. The van der Waals surface area contributed by atoms with Crippen LogP contribution in [0.5, 0.6) is 0 Å². The van der Waals surface area contributed by atoms with Crippen molar-refractivity contribution in [3.8, 4) is 0 Å². The Balaban J connectivity index is 1.52. The van der Waals surface area contributed by atoms with Crippen LogP contribution in [0.25, 0.3) is 10.9 Å². The van der Waals surface area contributed by atoms with Crippen molar-refractivity contribution >= 4 is 16.8 Å². The van der Waals surface area contributed by atoms with Crippen molar-refractivity contribution in [2.45, 2.75) is 38.2 Å². The summed E-state index contributed by atoms with van der Waals surface area (Å²) in [5.74, 6) is 0.589. The second kappa shape index (κ2) is 6.31. The highest BCUT2D eigenvalue weighted by molar-refractivity contribution is 5.88. The van der Waals surface area contributed by atoms with Gasteiger partial charge in [0.1, 0.15) is 0 Å². The van der Waals surface area contributed by atoms with Crippen LogP contribution in [0.1, 0.15) is 31.2 Å². The predicted octanol–water partition coefficient (Wildman–Crippen LogP) is 2.38. The normalized spacial score (nSPS) is 22.3. The van der Waals surface area contributed by atoms with E-state index in [0.29, 0.717) is 12.3 Å². The lowest BCUT2D eigenvalue weighted by Crippen LogP contribution is -2.32. The number of aliphatic hydroxyl groups is 1. The van der Waals surface area contributed by atoms with E-state index in [2.05, 4.69) is 10.3 Å². The number of para-hydroxylation sites is 1. The minimum absolute atomic E-state index is 0.0749. The van der Waals surface area contributed by atoms with Gasteiger partial charge in [-0.05, 0) is 43.2 Å². The van der Waals surface area contributed by atoms with Crippen LogP contribution < -0.4 is 5.32 Å². The van der Waals surface area contributed by atoms with Crippen LogP contribution in [0.2, 0.25) is 0 Å². The lowest BCUT2D eigenvalue weighted by Gasteiger charge is -2.25. The van der Waals surface area contributed by atoms with Crippen LogP contribution in [0.4, 0.5) is 0 Å². The number of H-pyrrole nitrogens is 1. The molecule has 4 nitrogen and oxygen atoms in total. The summed E-state index contributed by atoms with van der Waals surface area (Å²) in [7, 11) is 0. The summed E-state index contributed by atoms with van der Waals surface area (Å²) in [6.45, 7) is 0.730. The molecule has 1 aliphatic carbocycles. The minimum atomic E-state index is -0.136. The van der Waals surface area contributed by atoms with Crippen LogP contribution in [-0.4, -0.2) is 28.6 Å². The zero-order valence-electron chi connectivity index (χ0n) is 12.1. The average molecular weight is 286 g/mol. The van der Waals surface area contributed by atoms with E-state index in [4.69, 9.17) is 0 Å². The lowest BCUT2D eigenvalue weighted by molar-refractivity contribution is -0.120. The Morgan fingerprint density at radius 1 is 1.24 bits per heavy atom. The molecule has 1 aromatic heterocycles. The number of aliphatic hydroxyl groups excluding tert-OH is 1. The van der Waals surface area contributed by atoms with Gasteiger partial charge in [-0.3, -0.25) is 4.79 Å². The molecule has 0 atom stereocenters. The second-order valence-electron chi connectivity index (χ2n) is 6.01. The molecule has 1 fully saturated rings. The van der Waals surface area contributed by atoms with Crippen molar-refractivity contribution in [2.75, 3.05) is 6.54 Å². The van der Waals surface area contributed by atoms with Crippen molar-refractivity contribution in [3.05, 3.63) is 36.0 Å². The van der Waals surface area contributed by atoms with Crippen LogP contribution in [0, 0.1) is 5.92 Å². The molecule has 3 N–H and O–H groups in total. The van der Waals surface area contributed by atoms with E-state index < -0.39 is 0 Å². The van der Waals surface area contributed by atoms with Gasteiger partial charge in [-0.25, -0.2) is 0 Å². The maximum absolute atomic E-state index is 12.1. The topological polar surface area (TPSA) is 65.1 Å². The van der Waals surface area contributed by atoms with E-state index in [0.717, 1.165) is 48.7 Å². The van der Waals surface area contributed by atoms with Crippen molar-refractivity contribution in [3.63, 3.8) is 0 Å². The summed E-state index contributed by atoms with van der Waals surface area (Å²) in [5, 5.41) is 13.6. The zero-order chi connectivity index (χ0) is 14.7. The molecule has 112 valence electrons. The van der Waals surface area contributed by atoms with Gasteiger partial charge in [-0.2, -0.15) is 0 Å². The molecule has 3 rings (SSSR count). The number of nitrogens with one attached hydrogen (secondary N) is 2. The monoisotopic (exact) mass is 286 g/mol. The number of carbonyl (C=O) groups is 1. The first-order chi connectivity index (χ1) is 10.2. The molecule has 0 bridgehead atoms. The van der Waals surface area contributed by atoms with Gasteiger partial charge in [-0.15, -0.1) is 0 Å². The van der Waals surface area contributed by atoms with E-state index >= 15 is 0 Å². The Morgan fingerprint density at radius 3 is 2.81 bits per heavy atom. The fourth-order valence-electron chi connectivity index (χ4n) is 3.12. The average Bonchev–Trinajstić information content (AvgIpc) is 2.90. The molecule has 1 aromatic carbocycles. The quantitative estimate of drug-likeness (QED) is 0.808. The number of carbonyl (C=O) groups excluding carboxylic acids is 1. The van der Waals surface area contributed by atoms with E-state index in [9.17, 15) is 9.90 Å². The molecular formula is C17H22N2O2. The molecule has 2 aromatic rings. The fraction of sp³-hybridized carbons (Fsp3) is 0.471. The maximum atomic E-state index is 12.1. The molecule has 0 spiro atoms. The summed E-state index contributed by atoms with van der Waals surface area (Å²) < 4.78 is 0. The third-order valence-corrected chi connectivity index (χ3v) is 4.43. The lowest BCUT2D eigenvalue weighted by atomic mass is 9.87. The first kappa shape index (κ1) is 14.1. The molecule has 1 saturated carbocycles. The van der Waals surface area contributed by atoms with Gasteiger partial charge in [-0.1, -0.05) is 18.2 Å². The first-order valence-corrected chi connectivity index (χ1v) is 7.72. The number of rotatable bonds is 4. The highest BCUT2D eigenvalue weighted by Crippen LogP contribution is 2.23. The summed E-state index contributed by atoms with van der Waals surface area (Å²) in [5.41, 5.74) is 2.11. The molecule has 21 heavy (non-hydrogen) atoms. The van der Waals surface area contributed by atoms with Crippen molar-refractivity contribution < 1.29 is 9.90 Å². The van der Waals surface area contributed by atoms with Gasteiger partial charge < -0.3 is 15.4 Å². The van der Waals surface area contributed by atoms with Gasteiger partial charge in [0.25, 0.3) is 0 Å². The molecule has 1 aliphatic rings. The number of aromatic amines is 1. The number of aromatic nitrogens is 1. The standard InChI is InChI=1S/C17H22N2O2/c20-14-7-5-12(6-8-14)10-19-17(21)9-13-11-18-16-4-2-1-3-15(13)16/h1-4,11-12,14,18,20H,5-10H2,(H,19,21). The van der Waals surface area contributed by atoms with E-state index in [1.54, 1.807) is 0 Å². The second-order valence-corrected chi connectivity index (χ2v) is 6.01. The number of hydrogen-bond acceptors (Lipinski definition) is 2. The summed E-state index contributed by atoms with van der Waals surface area (Å²) >= 11 is 0. The minimum Gasteiger partial charge on any atom is -0.393 e. The van der Waals surface area contributed by atoms with Gasteiger partial charge in [0.15, 0.2) is 0 Å². The van der Waals surface area contributed by atoms with Crippen LogP contribution >= 0.6 is 0 Å². The van der Waals surface area contributed by atoms with Crippen LogP contribution in [0.15, 0.2) is 30.5 Å². The zero-order valence-corrected chi connectivity index (χ0v) is 12.1. The molecule has 0 unspecified atom stereocenters. The van der Waals surface area contributed by atoms with Gasteiger partial charge in [0.2, 0.25) is 5.91 Å². The van der Waals surface area contributed by atoms with Gasteiger partial charge in [0.05, 0.1) is 12.5 Å². The Bertz CT molecular complexity index is 612. The molecule has 0 saturated heterocycles. The molecule has 0 radical (unpaired) electrons. The highest BCUT2D eigenvalue weighted by atomic mass is 16.3. The third kappa shape index (κ3) is 3.45. The Hall–Kier alpha value is -1.81. The number of amides is 1. The van der Waals surface area contributed by atoms with Crippen molar-refractivity contribution in [2.24, 2.45) is 5.92 Å². The molecule has 0 aliphatic heterocycles. The smallest absolute Gasteiger partial charge is 0.224 e. The summed E-state index contributed by atoms with van der Waals surface area (Å²) in [6.07, 6.45) is 5.94. The Kier molecular flexibility index (Phi) is 4.25. The number of hydrogen-bond donors (Lipinski definition) is 3. The Morgan fingerprint density at radius 2 is 2.00 bits per heavy atom. The highest BCUT2D eigenvalue weighted by Gasteiger charge is 2.19.